The number of ether oxygens (including phenoxy) is 2. The zero-order valence-corrected chi connectivity index (χ0v) is 8.21. The van der Waals surface area contributed by atoms with E-state index in [9.17, 15) is 9.90 Å². The molecule has 0 spiro atoms. The molecular formula is C5H9NaO4. The second kappa shape index (κ2) is 6.92. The van der Waals surface area contributed by atoms with Crippen LogP contribution in [0.5, 0.6) is 0 Å². The van der Waals surface area contributed by atoms with Crippen LogP contribution in [0.4, 0.5) is 0 Å². The van der Waals surface area contributed by atoms with Gasteiger partial charge in [0.15, 0.2) is 0 Å². The van der Waals surface area contributed by atoms with Crippen molar-refractivity contribution in [3.8, 4) is 0 Å². The van der Waals surface area contributed by atoms with Gasteiger partial charge in [-0.05, 0) is 7.11 Å². The maximum absolute atomic E-state index is 10.2. The number of carbonyl (C=O) groups is 1. The van der Waals surface area contributed by atoms with Gasteiger partial charge in [0, 0.05) is 7.50 Å². The van der Waals surface area contributed by atoms with Gasteiger partial charge in [-0.1, -0.05) is 0 Å². The van der Waals surface area contributed by atoms with Crippen molar-refractivity contribution < 1.29 is 50.4 Å². The van der Waals surface area contributed by atoms with Crippen LogP contribution in [0.3, 0.4) is 0 Å². The van der Waals surface area contributed by atoms with E-state index in [1.54, 1.807) is 0 Å². The van der Waals surface area contributed by atoms with Gasteiger partial charge in [0.05, 0.1) is 13.1 Å². The first-order chi connectivity index (χ1) is 4.20. The molecule has 0 radical (unpaired) electrons. The molecule has 0 heterocycles. The molecule has 0 N–H and O–H groups in total. The Bertz CT molecular complexity index is 136. The van der Waals surface area contributed by atoms with Crippen molar-refractivity contribution in [1.29, 1.82) is 0 Å². The van der Waals surface area contributed by atoms with Crippen molar-refractivity contribution >= 4 is 5.97 Å². The molecule has 0 bridgehead atoms. The van der Waals surface area contributed by atoms with Crippen LogP contribution in [0.1, 0.15) is 1.43 Å². The van der Waals surface area contributed by atoms with Gasteiger partial charge in [-0.25, -0.2) is 4.79 Å². The standard InChI is InChI=1S/C5H8O4.Na.H2/c1-8-4(6)3-5(7)9-2;;/h3,6H,1-2H3;;1H/q;+1;/p-1/b4-3+;;. The number of carbonyl (C=O) groups excluding carboxylic acids is 1. The second-order valence-corrected chi connectivity index (χ2v) is 1.19. The Balaban J connectivity index is -0.000000320. The van der Waals surface area contributed by atoms with E-state index in [1.165, 1.54) is 14.2 Å². The SMILES string of the molecule is COC(=O)/C=C(\[O-])OC.[HH].[Na+]. The zero-order chi connectivity index (χ0) is 7.28. The predicted octanol–water partition coefficient (Wildman–Crippen LogP) is -3.74. The fraction of sp³-hybridized carbons (Fsp3) is 0.400. The Morgan fingerprint density at radius 1 is 1.50 bits per heavy atom. The fourth-order valence-corrected chi connectivity index (χ4v) is 0.214. The Kier molecular flexibility index (Phi) is 8.64. The Labute approximate surface area is 82.6 Å². The Morgan fingerprint density at radius 3 is 2.30 bits per heavy atom. The normalized spacial score (nSPS) is 9.60. The van der Waals surface area contributed by atoms with Crippen LogP contribution in [0.2, 0.25) is 0 Å². The van der Waals surface area contributed by atoms with Crippen molar-refractivity contribution in [2.24, 2.45) is 0 Å². The largest absolute Gasteiger partial charge is 1.00 e. The van der Waals surface area contributed by atoms with Gasteiger partial charge >= 0.3 is 35.5 Å². The summed E-state index contributed by atoms with van der Waals surface area (Å²) >= 11 is 0. The number of hydrogen-bond donors (Lipinski definition) is 0. The van der Waals surface area contributed by atoms with Gasteiger partial charge in [-0.2, -0.15) is 0 Å². The molecule has 0 aromatic rings. The van der Waals surface area contributed by atoms with Gasteiger partial charge in [-0.3, -0.25) is 0 Å². The second-order valence-electron chi connectivity index (χ2n) is 1.19. The van der Waals surface area contributed by atoms with E-state index in [0.717, 1.165) is 6.08 Å². The van der Waals surface area contributed by atoms with Crippen molar-refractivity contribution in [2.45, 2.75) is 0 Å². The molecule has 0 aliphatic rings. The fourth-order valence-electron chi connectivity index (χ4n) is 0.214. The molecule has 0 amide bonds. The van der Waals surface area contributed by atoms with Gasteiger partial charge in [0.25, 0.3) is 0 Å². The average molecular weight is 156 g/mol. The summed E-state index contributed by atoms with van der Waals surface area (Å²) in [6.07, 6.45) is 0.722. The van der Waals surface area contributed by atoms with E-state index in [2.05, 4.69) is 9.47 Å². The smallest absolute Gasteiger partial charge is 0.616 e. The molecule has 0 aliphatic heterocycles. The summed E-state index contributed by atoms with van der Waals surface area (Å²) in [6, 6.07) is 0. The van der Waals surface area contributed by atoms with E-state index in [4.69, 9.17) is 0 Å². The Hall–Kier alpha value is -0.190. The average Bonchev–Trinajstić information content (AvgIpc) is 1.87. The van der Waals surface area contributed by atoms with Crippen molar-refractivity contribution in [2.75, 3.05) is 14.2 Å². The third-order valence-corrected chi connectivity index (χ3v) is 0.638. The molecule has 0 saturated carbocycles. The van der Waals surface area contributed by atoms with Crippen LogP contribution in [0.15, 0.2) is 12.0 Å². The number of esters is 1. The van der Waals surface area contributed by atoms with Crippen LogP contribution in [0, 0.1) is 0 Å². The molecule has 0 aromatic carbocycles. The van der Waals surface area contributed by atoms with E-state index < -0.39 is 11.9 Å². The molecule has 0 rings (SSSR count). The van der Waals surface area contributed by atoms with Gasteiger partial charge < -0.3 is 14.6 Å². The maximum Gasteiger partial charge on any atom is 1.00 e. The summed E-state index contributed by atoms with van der Waals surface area (Å²) in [7, 11) is 2.36. The predicted molar refractivity (Wildman–Crippen MR) is 29.2 cm³/mol. The minimum absolute atomic E-state index is 0. The molecular weight excluding hydrogens is 147 g/mol. The first kappa shape index (κ1) is 12.5. The number of hydrogen-bond acceptors (Lipinski definition) is 4. The summed E-state index contributed by atoms with van der Waals surface area (Å²) in [4.78, 5) is 10.2. The minimum Gasteiger partial charge on any atom is -0.616 e. The van der Waals surface area contributed by atoms with Crippen LogP contribution in [0.25, 0.3) is 0 Å². The van der Waals surface area contributed by atoms with Gasteiger partial charge in [-0.15, -0.1) is 0 Å². The first-order valence-corrected chi connectivity index (χ1v) is 2.21. The first-order valence-electron chi connectivity index (χ1n) is 2.21. The minimum atomic E-state index is -0.707. The summed E-state index contributed by atoms with van der Waals surface area (Å²) in [5.74, 6) is -1.41. The molecule has 0 aliphatic carbocycles. The molecule has 0 aromatic heterocycles. The summed E-state index contributed by atoms with van der Waals surface area (Å²) < 4.78 is 8.25. The topological polar surface area (TPSA) is 58.6 Å². The van der Waals surface area contributed by atoms with Gasteiger partial charge in [0.2, 0.25) is 0 Å². The molecule has 0 saturated heterocycles. The van der Waals surface area contributed by atoms with Crippen molar-refractivity contribution in [3.63, 3.8) is 0 Å². The summed E-state index contributed by atoms with van der Waals surface area (Å²) in [5, 5.41) is 10.2. The molecule has 10 heavy (non-hydrogen) atoms. The molecule has 0 unspecified atom stereocenters. The van der Waals surface area contributed by atoms with Crippen LogP contribution >= 0.6 is 0 Å². The third kappa shape index (κ3) is 5.94. The third-order valence-electron chi connectivity index (χ3n) is 0.638. The zero-order valence-electron chi connectivity index (χ0n) is 6.21. The van der Waals surface area contributed by atoms with E-state index in [1.807, 2.05) is 0 Å². The molecule has 4 nitrogen and oxygen atoms in total. The van der Waals surface area contributed by atoms with Gasteiger partial charge in [0.1, 0.15) is 0 Å². The number of rotatable bonds is 2. The van der Waals surface area contributed by atoms with Crippen molar-refractivity contribution in [1.82, 2.24) is 0 Å². The monoisotopic (exact) mass is 156 g/mol. The summed E-state index contributed by atoms with van der Waals surface area (Å²) in [5.41, 5.74) is 0. The van der Waals surface area contributed by atoms with Crippen LogP contribution in [-0.4, -0.2) is 20.2 Å². The van der Waals surface area contributed by atoms with Crippen molar-refractivity contribution in [3.05, 3.63) is 12.0 Å². The van der Waals surface area contributed by atoms with E-state index >= 15 is 0 Å². The molecule has 5 heteroatoms. The van der Waals surface area contributed by atoms with E-state index in [-0.39, 0.29) is 31.0 Å². The quantitative estimate of drug-likeness (QED) is 0.178. The molecule has 54 valence electrons. The molecule has 0 fully saturated rings. The maximum atomic E-state index is 10.2. The summed E-state index contributed by atoms with van der Waals surface area (Å²) in [6.45, 7) is 0. The van der Waals surface area contributed by atoms with Crippen LogP contribution < -0.4 is 34.7 Å². The molecule has 0 atom stereocenters. The Morgan fingerprint density at radius 2 is 2.00 bits per heavy atom. The van der Waals surface area contributed by atoms with E-state index in [0.29, 0.717) is 0 Å². The van der Waals surface area contributed by atoms with Crippen LogP contribution in [-0.2, 0) is 14.3 Å². The number of methoxy groups -OCH3 is 2.